The first kappa shape index (κ1) is 24.7. The van der Waals surface area contributed by atoms with Gasteiger partial charge in [0.1, 0.15) is 11.5 Å². The van der Waals surface area contributed by atoms with E-state index in [4.69, 9.17) is 9.47 Å². The highest BCUT2D eigenvalue weighted by Gasteiger charge is 2.51. The van der Waals surface area contributed by atoms with E-state index in [0.29, 0.717) is 55.0 Å². The lowest BCUT2D eigenvalue weighted by atomic mass is 9.80. The number of aromatic hydroxyl groups is 1. The van der Waals surface area contributed by atoms with Crippen LogP contribution in [0, 0.1) is 11.3 Å². The first-order chi connectivity index (χ1) is 18.0. The number of fused-ring (bicyclic) bond motifs is 1. The summed E-state index contributed by atoms with van der Waals surface area (Å²) in [5, 5.41) is 13.5. The van der Waals surface area contributed by atoms with Crippen LogP contribution >= 0.6 is 0 Å². The average Bonchev–Trinajstić information content (AvgIpc) is 3.47. The van der Waals surface area contributed by atoms with E-state index in [1.54, 1.807) is 24.3 Å². The Morgan fingerprint density at radius 3 is 2.54 bits per heavy atom. The lowest BCUT2D eigenvalue weighted by Crippen LogP contribution is -2.41. The zero-order valence-electron chi connectivity index (χ0n) is 21.0. The van der Waals surface area contributed by atoms with Gasteiger partial charge in [-0.2, -0.15) is 0 Å². The van der Waals surface area contributed by atoms with Crippen LogP contribution in [-0.4, -0.2) is 48.1 Å². The predicted octanol–water partition coefficient (Wildman–Crippen LogP) is 5.26. The second-order valence-corrected chi connectivity index (χ2v) is 9.82. The van der Waals surface area contributed by atoms with E-state index in [1.807, 2.05) is 60.4 Å². The molecule has 37 heavy (non-hydrogen) atoms. The molecule has 2 N–H and O–H groups in total. The summed E-state index contributed by atoms with van der Waals surface area (Å²) in [5.41, 5.74) is 0.534. The van der Waals surface area contributed by atoms with Gasteiger partial charge < -0.3 is 24.8 Å². The predicted molar refractivity (Wildman–Crippen MR) is 140 cm³/mol. The number of phenolic OH excluding ortho intramolecular Hbond substituents is 1. The molecule has 0 aromatic heterocycles. The molecule has 192 valence electrons. The quantitative estimate of drug-likeness (QED) is 0.441. The van der Waals surface area contributed by atoms with Crippen molar-refractivity contribution in [1.82, 2.24) is 10.2 Å². The number of benzene rings is 3. The maximum absolute atomic E-state index is 13.6. The van der Waals surface area contributed by atoms with Crippen LogP contribution in [0.5, 0.6) is 23.0 Å². The van der Waals surface area contributed by atoms with Crippen molar-refractivity contribution < 1.29 is 24.2 Å². The van der Waals surface area contributed by atoms with Crippen LogP contribution in [0.2, 0.25) is 0 Å². The second-order valence-electron chi connectivity index (χ2n) is 9.82. The van der Waals surface area contributed by atoms with Crippen molar-refractivity contribution in [3.63, 3.8) is 0 Å². The molecule has 1 heterocycles. The summed E-state index contributed by atoms with van der Waals surface area (Å²) in [6.07, 6.45) is 3.03. The fourth-order valence-electron chi connectivity index (χ4n) is 5.71. The smallest absolute Gasteiger partial charge is 0.257 e. The van der Waals surface area contributed by atoms with Gasteiger partial charge in [0.2, 0.25) is 0 Å². The topological polar surface area (TPSA) is 88.1 Å². The summed E-state index contributed by atoms with van der Waals surface area (Å²) < 4.78 is 11.5. The minimum Gasteiger partial charge on any atom is -0.504 e. The van der Waals surface area contributed by atoms with Crippen molar-refractivity contribution in [2.75, 3.05) is 26.2 Å². The van der Waals surface area contributed by atoms with Crippen molar-refractivity contribution in [2.45, 2.75) is 26.2 Å². The highest BCUT2D eigenvalue weighted by atomic mass is 16.5. The van der Waals surface area contributed by atoms with Gasteiger partial charge in [0.15, 0.2) is 11.5 Å². The maximum Gasteiger partial charge on any atom is 0.257 e. The average molecular weight is 501 g/mol. The molecule has 2 fully saturated rings. The zero-order chi connectivity index (χ0) is 25.8. The van der Waals surface area contributed by atoms with Gasteiger partial charge in [-0.3, -0.25) is 9.59 Å². The third-order valence-electron chi connectivity index (χ3n) is 7.56. The highest BCUT2D eigenvalue weighted by molar-refractivity contribution is 5.98. The number of carbonyl (C=O) groups excluding carboxylic acids is 2. The summed E-state index contributed by atoms with van der Waals surface area (Å²) in [6.45, 7) is 3.89. The Labute approximate surface area is 217 Å². The van der Waals surface area contributed by atoms with Gasteiger partial charge in [-0.25, -0.2) is 0 Å². The summed E-state index contributed by atoms with van der Waals surface area (Å²) in [6, 6.07) is 21.7. The van der Waals surface area contributed by atoms with Crippen LogP contribution in [0.15, 0.2) is 72.8 Å². The van der Waals surface area contributed by atoms with Gasteiger partial charge in [-0.1, -0.05) is 42.8 Å². The van der Waals surface area contributed by atoms with Crippen molar-refractivity contribution in [3.8, 4) is 23.0 Å². The largest absolute Gasteiger partial charge is 0.504 e. The SMILES string of the molecule is CCOc1cccc(C(=O)NC[C@]23CCC[C@H]2CN(C(=O)c2ccccc2Oc2ccccc2)C3)c1O. The monoisotopic (exact) mass is 500 g/mol. The Hall–Kier alpha value is -4.00. The molecular formula is C30H32N2O5. The number of phenols is 1. The number of amides is 2. The summed E-state index contributed by atoms with van der Waals surface area (Å²) >= 11 is 0. The van der Waals surface area contributed by atoms with E-state index in [0.717, 1.165) is 19.3 Å². The number of hydrogen-bond donors (Lipinski definition) is 2. The van der Waals surface area contributed by atoms with Crippen LogP contribution in [0.4, 0.5) is 0 Å². The molecule has 7 nitrogen and oxygen atoms in total. The fraction of sp³-hybridized carbons (Fsp3) is 0.333. The minimum absolute atomic E-state index is 0.0614. The Morgan fingerprint density at radius 1 is 1.00 bits per heavy atom. The molecule has 3 aromatic carbocycles. The Kier molecular flexibility index (Phi) is 7.04. The third kappa shape index (κ3) is 4.99. The molecule has 3 aromatic rings. The summed E-state index contributed by atoms with van der Waals surface area (Å²) in [4.78, 5) is 28.5. The molecule has 0 spiro atoms. The van der Waals surface area contributed by atoms with E-state index in [2.05, 4.69) is 5.32 Å². The number of nitrogens with zero attached hydrogens (tertiary/aromatic N) is 1. The lowest BCUT2D eigenvalue weighted by molar-refractivity contribution is 0.0764. The molecule has 1 saturated carbocycles. The number of likely N-dealkylation sites (tertiary alicyclic amines) is 1. The van der Waals surface area contributed by atoms with Crippen LogP contribution in [0.3, 0.4) is 0 Å². The summed E-state index contributed by atoms with van der Waals surface area (Å²) in [7, 11) is 0. The summed E-state index contributed by atoms with van der Waals surface area (Å²) in [5.74, 6) is 1.25. The minimum atomic E-state index is -0.342. The van der Waals surface area contributed by atoms with Crippen LogP contribution in [0.1, 0.15) is 46.9 Å². The van der Waals surface area contributed by atoms with Gasteiger partial charge in [-0.15, -0.1) is 0 Å². The second kappa shape index (κ2) is 10.5. The van der Waals surface area contributed by atoms with Crippen molar-refractivity contribution in [1.29, 1.82) is 0 Å². The molecular weight excluding hydrogens is 468 g/mol. The Balaban J connectivity index is 1.30. The van der Waals surface area contributed by atoms with E-state index in [-0.39, 0.29) is 28.5 Å². The molecule has 0 bridgehead atoms. The third-order valence-corrected chi connectivity index (χ3v) is 7.56. The van der Waals surface area contributed by atoms with Crippen molar-refractivity contribution in [2.24, 2.45) is 11.3 Å². The number of ether oxygens (including phenoxy) is 2. The van der Waals surface area contributed by atoms with E-state index in [9.17, 15) is 14.7 Å². The van der Waals surface area contributed by atoms with Gasteiger partial charge in [0.05, 0.1) is 17.7 Å². The van der Waals surface area contributed by atoms with Gasteiger partial charge in [0.25, 0.3) is 11.8 Å². The van der Waals surface area contributed by atoms with Gasteiger partial charge in [-0.05, 0) is 62.1 Å². The highest BCUT2D eigenvalue weighted by Crippen LogP contribution is 2.49. The normalized spacial score (nSPS) is 20.4. The van der Waals surface area contributed by atoms with Crippen LogP contribution in [-0.2, 0) is 0 Å². The molecule has 5 rings (SSSR count). The number of para-hydroxylation sites is 3. The lowest BCUT2D eigenvalue weighted by Gasteiger charge is -2.29. The molecule has 2 atom stereocenters. The number of nitrogens with one attached hydrogen (secondary N) is 1. The standard InChI is InChI=1S/C30H32N2O5/c1-2-36-26-16-8-14-24(27(26)33)28(34)31-19-30-17-9-10-21(30)18-32(20-30)29(35)23-13-6-7-15-25(23)37-22-11-4-3-5-12-22/h3-8,11-16,21,33H,2,9-10,17-20H2,1H3,(H,31,34)/t21-,30-/m0/s1. The van der Waals surface area contributed by atoms with Gasteiger partial charge in [0, 0.05) is 25.0 Å². The van der Waals surface area contributed by atoms with Crippen molar-refractivity contribution >= 4 is 11.8 Å². The van der Waals surface area contributed by atoms with Crippen LogP contribution < -0.4 is 14.8 Å². The number of carbonyl (C=O) groups is 2. The Morgan fingerprint density at radius 2 is 1.73 bits per heavy atom. The molecule has 1 aliphatic heterocycles. The molecule has 7 heteroatoms. The molecule has 0 unspecified atom stereocenters. The molecule has 0 radical (unpaired) electrons. The zero-order valence-corrected chi connectivity index (χ0v) is 21.0. The number of hydrogen-bond acceptors (Lipinski definition) is 5. The number of rotatable bonds is 8. The van der Waals surface area contributed by atoms with E-state index >= 15 is 0 Å². The van der Waals surface area contributed by atoms with E-state index < -0.39 is 0 Å². The molecule has 2 aliphatic rings. The first-order valence-corrected chi connectivity index (χ1v) is 12.8. The first-order valence-electron chi connectivity index (χ1n) is 12.8. The fourth-order valence-corrected chi connectivity index (χ4v) is 5.71. The molecule has 1 aliphatic carbocycles. The molecule has 1 saturated heterocycles. The molecule has 2 amide bonds. The van der Waals surface area contributed by atoms with E-state index in [1.165, 1.54) is 0 Å². The maximum atomic E-state index is 13.6. The Bertz CT molecular complexity index is 1280. The van der Waals surface area contributed by atoms with Crippen LogP contribution in [0.25, 0.3) is 0 Å². The van der Waals surface area contributed by atoms with Crippen molar-refractivity contribution in [3.05, 3.63) is 83.9 Å². The van der Waals surface area contributed by atoms with Gasteiger partial charge >= 0.3 is 0 Å².